The van der Waals surface area contributed by atoms with Gasteiger partial charge in [-0.25, -0.2) is 17.5 Å². The topological polar surface area (TPSA) is 154 Å². The van der Waals surface area contributed by atoms with Gasteiger partial charge in [0.25, 0.3) is 5.91 Å². The van der Waals surface area contributed by atoms with E-state index in [0.717, 1.165) is 34.9 Å². The van der Waals surface area contributed by atoms with Gasteiger partial charge in [0.2, 0.25) is 10.0 Å². The van der Waals surface area contributed by atoms with Gasteiger partial charge in [0.05, 0.1) is 36.3 Å². The van der Waals surface area contributed by atoms with Crippen LogP contribution in [0.1, 0.15) is 71.8 Å². The first kappa shape index (κ1) is 32.0. The average Bonchev–Trinajstić information content (AvgIpc) is 3.09. The van der Waals surface area contributed by atoms with Crippen LogP contribution in [0.2, 0.25) is 0 Å². The molecule has 0 aliphatic heterocycles. The zero-order chi connectivity index (χ0) is 31.5. The second-order valence-electron chi connectivity index (χ2n) is 11.1. The highest BCUT2D eigenvalue weighted by molar-refractivity contribution is 7.89. The normalized spacial score (nSPS) is 14.6. The number of aliphatic hydroxyl groups excluding tert-OH is 2. The van der Waals surface area contributed by atoms with E-state index in [9.17, 15) is 32.6 Å². The fraction of sp³-hybridized carbons (Fsp3) is 0.344. The second kappa shape index (κ2) is 13.2. The molecule has 0 saturated carbocycles. The van der Waals surface area contributed by atoms with Crippen LogP contribution in [-0.2, 0) is 27.7 Å². The first-order valence-electron chi connectivity index (χ1n) is 14.0. The highest BCUT2D eigenvalue weighted by Crippen LogP contribution is 2.42. The van der Waals surface area contributed by atoms with Crippen LogP contribution >= 0.6 is 0 Å². The van der Waals surface area contributed by atoms with E-state index in [4.69, 9.17) is 10.1 Å². The minimum atomic E-state index is -3.78. The zero-order valence-corrected chi connectivity index (χ0v) is 25.0. The molecule has 1 aliphatic rings. The molecule has 0 fully saturated rings. The van der Waals surface area contributed by atoms with Crippen molar-refractivity contribution in [1.82, 2.24) is 9.71 Å². The standard InChI is InChI=1S/C32H35FN2O7S/c1-18(2)30-26(14-13-23(36)16-24(37)17-28(38)39)29(20-9-11-22(33)12-10-20)25-6-4-5-19-7-8-21(15-27(19)31(25)34-30)32(40)35-43(3,41)42/h7-15,18,23-24,36-37H,4-6,16-17H2,1-3H3,(H,35,40)(H,38,39)/b14-13+/t23-,24-/m1/s1. The summed E-state index contributed by atoms with van der Waals surface area (Å²) < 4.78 is 39.5. The number of halogens is 1. The van der Waals surface area contributed by atoms with Gasteiger partial charge in [-0.3, -0.25) is 14.6 Å². The summed E-state index contributed by atoms with van der Waals surface area (Å²) in [4.78, 5) is 28.8. The number of benzene rings is 2. The van der Waals surface area contributed by atoms with E-state index >= 15 is 0 Å². The van der Waals surface area contributed by atoms with Crippen molar-refractivity contribution >= 4 is 28.0 Å². The number of carboxylic acids is 1. The number of carboxylic acid groups (broad SMARTS) is 1. The lowest BCUT2D eigenvalue weighted by molar-refractivity contribution is -0.139. The third kappa shape index (κ3) is 7.92. The Labute approximate surface area is 250 Å². The van der Waals surface area contributed by atoms with Crippen molar-refractivity contribution in [2.75, 3.05) is 6.26 Å². The van der Waals surface area contributed by atoms with Gasteiger partial charge in [0, 0.05) is 23.1 Å². The van der Waals surface area contributed by atoms with Gasteiger partial charge in [-0.15, -0.1) is 0 Å². The molecule has 0 spiro atoms. The van der Waals surface area contributed by atoms with Crippen LogP contribution < -0.4 is 4.72 Å². The molecule has 0 radical (unpaired) electrons. The maximum atomic E-state index is 14.0. The zero-order valence-electron chi connectivity index (χ0n) is 24.2. The molecule has 0 bridgehead atoms. The molecule has 9 nitrogen and oxygen atoms in total. The molecule has 11 heteroatoms. The number of carbonyl (C=O) groups is 2. The molecule has 1 aliphatic carbocycles. The Balaban J connectivity index is 1.93. The lowest BCUT2D eigenvalue weighted by Crippen LogP contribution is -2.29. The molecule has 2 atom stereocenters. The fourth-order valence-corrected chi connectivity index (χ4v) is 5.82. The van der Waals surface area contributed by atoms with Crippen molar-refractivity contribution in [3.05, 3.63) is 82.3 Å². The van der Waals surface area contributed by atoms with E-state index in [2.05, 4.69) is 0 Å². The molecule has 0 unspecified atom stereocenters. The molecule has 3 aromatic rings. The van der Waals surface area contributed by atoms with Crippen molar-refractivity contribution in [3.63, 3.8) is 0 Å². The van der Waals surface area contributed by atoms with Crippen LogP contribution in [0.4, 0.5) is 4.39 Å². The summed E-state index contributed by atoms with van der Waals surface area (Å²) in [6.07, 6.45) is 3.13. The number of carbonyl (C=O) groups excluding carboxylic acids is 1. The number of nitrogens with zero attached hydrogens (tertiary/aromatic N) is 1. The van der Waals surface area contributed by atoms with Gasteiger partial charge in [-0.05, 0) is 71.7 Å². The van der Waals surface area contributed by atoms with Gasteiger partial charge < -0.3 is 15.3 Å². The molecule has 1 heterocycles. The number of pyridine rings is 1. The highest BCUT2D eigenvalue weighted by atomic mass is 32.2. The SMILES string of the molecule is CC(C)c1nc2c(c(-c3ccc(F)cc3)c1/C=C/[C@@H](O)C[C@@H](O)CC(=O)O)CCCc1ccc(C(=O)NS(C)(=O)=O)cc1-2. The molecule has 2 aromatic carbocycles. The lowest BCUT2D eigenvalue weighted by Gasteiger charge is -2.22. The molecule has 4 N–H and O–H groups in total. The number of hydrogen-bond donors (Lipinski definition) is 4. The molecule has 1 amide bonds. The monoisotopic (exact) mass is 610 g/mol. The molecule has 1 aromatic heterocycles. The molecular weight excluding hydrogens is 575 g/mol. The third-order valence-electron chi connectivity index (χ3n) is 7.23. The van der Waals surface area contributed by atoms with Gasteiger partial charge in [0.15, 0.2) is 0 Å². The van der Waals surface area contributed by atoms with Crippen molar-refractivity contribution in [2.45, 2.75) is 64.1 Å². The highest BCUT2D eigenvalue weighted by Gasteiger charge is 2.26. The summed E-state index contributed by atoms with van der Waals surface area (Å²) in [6.45, 7) is 3.92. The van der Waals surface area contributed by atoms with Gasteiger partial charge in [-0.1, -0.05) is 44.2 Å². The Morgan fingerprint density at radius 3 is 2.42 bits per heavy atom. The number of aliphatic carboxylic acids is 1. The van der Waals surface area contributed by atoms with Crippen LogP contribution in [0.5, 0.6) is 0 Å². The summed E-state index contributed by atoms with van der Waals surface area (Å²) in [6, 6.07) is 11.1. The van der Waals surface area contributed by atoms with E-state index < -0.39 is 46.3 Å². The summed E-state index contributed by atoms with van der Waals surface area (Å²) in [5.41, 5.74) is 6.18. The quantitative estimate of drug-likeness (QED) is 0.263. The predicted octanol–water partition coefficient (Wildman–Crippen LogP) is 4.46. The minimum absolute atomic E-state index is 0.109. The van der Waals surface area contributed by atoms with E-state index in [1.165, 1.54) is 18.2 Å². The fourth-order valence-electron chi connectivity index (χ4n) is 5.37. The number of nitrogens with one attached hydrogen (secondary N) is 1. The number of rotatable bonds is 10. The van der Waals surface area contributed by atoms with Crippen LogP contribution in [0, 0.1) is 5.82 Å². The van der Waals surface area contributed by atoms with E-state index in [0.29, 0.717) is 35.4 Å². The lowest BCUT2D eigenvalue weighted by atomic mass is 9.86. The van der Waals surface area contributed by atoms with Crippen LogP contribution in [0.25, 0.3) is 28.5 Å². The van der Waals surface area contributed by atoms with Gasteiger partial charge >= 0.3 is 5.97 Å². The number of aliphatic hydroxyl groups is 2. The van der Waals surface area contributed by atoms with Crippen molar-refractivity contribution in [3.8, 4) is 22.4 Å². The molecule has 43 heavy (non-hydrogen) atoms. The van der Waals surface area contributed by atoms with Crippen LogP contribution in [-0.4, -0.2) is 59.1 Å². The largest absolute Gasteiger partial charge is 0.481 e. The van der Waals surface area contributed by atoms with Gasteiger partial charge in [-0.2, -0.15) is 0 Å². The first-order valence-corrected chi connectivity index (χ1v) is 15.9. The molecular formula is C32H35FN2O7S. The Hall–Kier alpha value is -3.93. The third-order valence-corrected chi connectivity index (χ3v) is 7.79. The van der Waals surface area contributed by atoms with Gasteiger partial charge in [0.1, 0.15) is 5.82 Å². The smallest absolute Gasteiger partial charge is 0.305 e. The summed E-state index contributed by atoms with van der Waals surface area (Å²) in [5, 5.41) is 29.6. The number of hydrogen-bond acceptors (Lipinski definition) is 7. The number of aryl methyl sites for hydroxylation is 1. The van der Waals surface area contributed by atoms with E-state index in [1.54, 1.807) is 30.3 Å². The predicted molar refractivity (Wildman–Crippen MR) is 161 cm³/mol. The number of amides is 1. The van der Waals surface area contributed by atoms with Crippen molar-refractivity contribution in [2.24, 2.45) is 0 Å². The maximum absolute atomic E-state index is 14.0. The van der Waals surface area contributed by atoms with E-state index in [-0.39, 0.29) is 17.9 Å². The minimum Gasteiger partial charge on any atom is -0.481 e. The van der Waals surface area contributed by atoms with Crippen LogP contribution in [0.15, 0.2) is 48.5 Å². The Bertz CT molecular complexity index is 1670. The average molecular weight is 611 g/mol. The molecule has 228 valence electrons. The molecule has 4 rings (SSSR count). The summed E-state index contributed by atoms with van der Waals surface area (Å²) in [5.74, 6) is -2.43. The molecule has 0 saturated heterocycles. The van der Waals surface area contributed by atoms with Crippen LogP contribution in [0.3, 0.4) is 0 Å². The Kier molecular flexibility index (Phi) is 9.79. The second-order valence-corrected chi connectivity index (χ2v) is 12.9. The summed E-state index contributed by atoms with van der Waals surface area (Å²) >= 11 is 0. The summed E-state index contributed by atoms with van der Waals surface area (Å²) in [7, 11) is -3.78. The van der Waals surface area contributed by atoms with E-state index in [1.807, 2.05) is 24.6 Å². The Morgan fingerprint density at radius 2 is 1.79 bits per heavy atom. The number of sulfonamides is 1. The Morgan fingerprint density at radius 1 is 1.09 bits per heavy atom. The first-order chi connectivity index (χ1) is 20.2. The number of aromatic nitrogens is 1. The van der Waals surface area contributed by atoms with Crippen molar-refractivity contribution in [1.29, 1.82) is 0 Å². The maximum Gasteiger partial charge on any atom is 0.305 e. The van der Waals surface area contributed by atoms with Crippen molar-refractivity contribution < 1.29 is 37.7 Å². The number of fused-ring (bicyclic) bond motifs is 3.